The van der Waals surface area contributed by atoms with E-state index in [0.717, 1.165) is 44.8 Å². The number of nitrogens with zero attached hydrogens (tertiary/aromatic N) is 5. The minimum Gasteiger partial charge on any atom is -0.406 e. The van der Waals surface area contributed by atoms with Crippen molar-refractivity contribution in [3.05, 3.63) is 42.2 Å². The second kappa shape index (κ2) is 11.1. The largest absolute Gasteiger partial charge is 0.573 e. The number of rotatable bonds is 8. The van der Waals surface area contributed by atoms with Crippen LogP contribution < -0.4 is 15.0 Å². The van der Waals surface area contributed by atoms with E-state index in [2.05, 4.69) is 29.8 Å². The normalized spacial score (nSPS) is 19.1. The zero-order chi connectivity index (χ0) is 24.8. The average Bonchev–Trinajstić information content (AvgIpc) is 3.33. The second-order valence-electron chi connectivity index (χ2n) is 8.56. The fourth-order valence-corrected chi connectivity index (χ4v) is 4.21. The second-order valence-corrected chi connectivity index (χ2v) is 8.56. The molecular weight excluding hydrogens is 465 g/mol. The summed E-state index contributed by atoms with van der Waals surface area (Å²) in [4.78, 5) is 27.4. The van der Waals surface area contributed by atoms with Crippen LogP contribution in [0.5, 0.6) is 5.75 Å². The monoisotopic (exact) mass is 494 g/mol. The molecule has 0 spiro atoms. The number of anilines is 2. The van der Waals surface area contributed by atoms with Gasteiger partial charge in [0.15, 0.2) is 0 Å². The van der Waals surface area contributed by atoms with Crippen LogP contribution in [-0.4, -0.2) is 91.1 Å². The first-order valence-corrected chi connectivity index (χ1v) is 11.5. The van der Waals surface area contributed by atoms with E-state index >= 15 is 0 Å². The van der Waals surface area contributed by atoms with Gasteiger partial charge in [-0.3, -0.25) is 9.69 Å². The van der Waals surface area contributed by atoms with E-state index in [1.165, 1.54) is 18.2 Å². The number of aromatic nitrogens is 2. The lowest BCUT2D eigenvalue weighted by atomic mass is 10.2. The molecular formula is C23H29F3N6O3. The number of piperazine rings is 1. The Morgan fingerprint density at radius 1 is 1.14 bits per heavy atom. The summed E-state index contributed by atoms with van der Waals surface area (Å²) >= 11 is 0. The molecule has 3 heterocycles. The molecule has 2 saturated heterocycles. The van der Waals surface area contributed by atoms with Gasteiger partial charge in [-0.15, -0.1) is 13.2 Å². The average molecular weight is 495 g/mol. The zero-order valence-electron chi connectivity index (χ0n) is 19.5. The minimum absolute atomic E-state index is 0.141. The van der Waals surface area contributed by atoms with E-state index in [4.69, 9.17) is 4.74 Å². The Labute approximate surface area is 201 Å². The third-order valence-corrected chi connectivity index (χ3v) is 6.15. The number of ether oxygens (including phenoxy) is 2. The highest BCUT2D eigenvalue weighted by Gasteiger charge is 2.31. The van der Waals surface area contributed by atoms with Crippen molar-refractivity contribution in [3.63, 3.8) is 0 Å². The Kier molecular flexibility index (Phi) is 7.91. The molecule has 0 saturated carbocycles. The van der Waals surface area contributed by atoms with Gasteiger partial charge in [-0.05, 0) is 24.1 Å². The number of methoxy groups -OCH3 is 1. The van der Waals surface area contributed by atoms with Crippen molar-refractivity contribution in [2.45, 2.75) is 25.4 Å². The molecule has 1 N–H and O–H groups in total. The van der Waals surface area contributed by atoms with E-state index in [-0.39, 0.29) is 24.3 Å². The van der Waals surface area contributed by atoms with Gasteiger partial charge in [-0.2, -0.15) is 0 Å². The number of nitrogens with one attached hydrogen (secondary N) is 1. The molecule has 2 aliphatic rings. The quantitative estimate of drug-likeness (QED) is 0.599. The maximum atomic E-state index is 12.5. The summed E-state index contributed by atoms with van der Waals surface area (Å²) in [7, 11) is 1.68. The molecule has 1 atom stereocenters. The standard InChI is InChI=1S/C23H29F3N6O3/c1-34-20-5-6-32(15-20)21(33)16-30-7-9-31(10-8-30)18-13-28-22(29-14-18)27-12-17-3-2-4-19(11-17)35-23(24,25)26/h2-4,11,13-14,20H,5-10,12,15-16H2,1H3,(H,27,28,29). The number of carbonyl (C=O) groups is 1. The predicted molar refractivity (Wildman–Crippen MR) is 123 cm³/mol. The van der Waals surface area contributed by atoms with Crippen LogP contribution in [0.25, 0.3) is 0 Å². The van der Waals surface area contributed by atoms with E-state index in [1.807, 2.05) is 4.90 Å². The highest BCUT2D eigenvalue weighted by Crippen LogP contribution is 2.23. The van der Waals surface area contributed by atoms with Crippen LogP contribution >= 0.6 is 0 Å². The molecule has 12 heteroatoms. The van der Waals surface area contributed by atoms with Gasteiger partial charge >= 0.3 is 6.36 Å². The summed E-state index contributed by atoms with van der Waals surface area (Å²) in [6, 6.07) is 5.75. The molecule has 1 unspecified atom stereocenters. The first-order valence-electron chi connectivity index (χ1n) is 11.5. The molecule has 190 valence electrons. The van der Waals surface area contributed by atoms with Crippen LogP contribution in [0.3, 0.4) is 0 Å². The lowest BCUT2D eigenvalue weighted by molar-refractivity contribution is -0.274. The Balaban J connectivity index is 1.22. The molecule has 1 aromatic carbocycles. The Hall–Kier alpha value is -3.12. The van der Waals surface area contributed by atoms with E-state index < -0.39 is 6.36 Å². The van der Waals surface area contributed by atoms with Gasteiger partial charge < -0.3 is 24.6 Å². The Morgan fingerprint density at radius 2 is 1.89 bits per heavy atom. The summed E-state index contributed by atoms with van der Waals surface area (Å²) in [6.45, 7) is 5.14. The van der Waals surface area contributed by atoms with Gasteiger partial charge in [-0.25, -0.2) is 9.97 Å². The maximum Gasteiger partial charge on any atom is 0.573 e. The zero-order valence-corrected chi connectivity index (χ0v) is 19.5. The van der Waals surface area contributed by atoms with E-state index in [9.17, 15) is 18.0 Å². The molecule has 1 aromatic heterocycles. The van der Waals surface area contributed by atoms with Crippen LogP contribution in [0.15, 0.2) is 36.7 Å². The number of amides is 1. The molecule has 2 aromatic rings. The number of carbonyl (C=O) groups excluding carboxylic acids is 1. The minimum atomic E-state index is -4.73. The molecule has 9 nitrogen and oxygen atoms in total. The highest BCUT2D eigenvalue weighted by molar-refractivity contribution is 5.78. The van der Waals surface area contributed by atoms with Crippen LogP contribution in [0, 0.1) is 0 Å². The number of benzene rings is 1. The van der Waals surface area contributed by atoms with Crippen LogP contribution in [0.2, 0.25) is 0 Å². The third-order valence-electron chi connectivity index (χ3n) is 6.15. The van der Waals surface area contributed by atoms with Crippen LogP contribution in [-0.2, 0) is 16.1 Å². The van der Waals surface area contributed by atoms with Crippen LogP contribution in [0.1, 0.15) is 12.0 Å². The topological polar surface area (TPSA) is 83.1 Å². The first-order chi connectivity index (χ1) is 16.8. The van der Waals surface area contributed by atoms with Gasteiger partial charge in [0, 0.05) is 52.9 Å². The Morgan fingerprint density at radius 3 is 2.54 bits per heavy atom. The van der Waals surface area contributed by atoms with E-state index in [1.54, 1.807) is 25.6 Å². The lowest BCUT2D eigenvalue weighted by Crippen LogP contribution is -2.50. The fraction of sp³-hybridized carbons (Fsp3) is 0.522. The summed E-state index contributed by atoms with van der Waals surface area (Å²) in [5.41, 5.74) is 1.49. The van der Waals surface area contributed by atoms with Crippen molar-refractivity contribution in [2.24, 2.45) is 0 Å². The molecule has 0 radical (unpaired) electrons. The maximum absolute atomic E-state index is 12.5. The van der Waals surface area contributed by atoms with Crippen molar-refractivity contribution in [1.82, 2.24) is 19.8 Å². The Bertz CT molecular complexity index is 983. The highest BCUT2D eigenvalue weighted by atomic mass is 19.4. The van der Waals surface area contributed by atoms with Crippen LogP contribution in [0.4, 0.5) is 24.8 Å². The fourth-order valence-electron chi connectivity index (χ4n) is 4.21. The predicted octanol–water partition coefficient (Wildman–Crippen LogP) is 2.36. The summed E-state index contributed by atoms with van der Waals surface area (Å²) in [6.07, 6.45) is -0.266. The van der Waals surface area contributed by atoms with E-state index in [0.29, 0.717) is 24.6 Å². The van der Waals surface area contributed by atoms with Crippen molar-refractivity contribution in [1.29, 1.82) is 0 Å². The van der Waals surface area contributed by atoms with Gasteiger partial charge in [0.05, 0.1) is 30.7 Å². The summed E-state index contributed by atoms with van der Waals surface area (Å²) < 4.78 is 46.5. The summed E-state index contributed by atoms with van der Waals surface area (Å²) in [5.74, 6) is 0.251. The first kappa shape index (κ1) is 25.0. The van der Waals surface area contributed by atoms with Gasteiger partial charge in [-0.1, -0.05) is 12.1 Å². The number of likely N-dealkylation sites (tertiary alicyclic amines) is 1. The molecule has 0 bridgehead atoms. The van der Waals surface area contributed by atoms with Gasteiger partial charge in [0.1, 0.15) is 5.75 Å². The molecule has 4 rings (SSSR count). The van der Waals surface area contributed by atoms with Gasteiger partial charge in [0.25, 0.3) is 0 Å². The molecule has 1 amide bonds. The number of hydrogen-bond acceptors (Lipinski definition) is 8. The smallest absolute Gasteiger partial charge is 0.406 e. The van der Waals surface area contributed by atoms with Crippen molar-refractivity contribution < 1.29 is 27.4 Å². The van der Waals surface area contributed by atoms with Gasteiger partial charge in [0.2, 0.25) is 11.9 Å². The van der Waals surface area contributed by atoms with Crippen molar-refractivity contribution >= 4 is 17.5 Å². The van der Waals surface area contributed by atoms with Crippen molar-refractivity contribution in [3.8, 4) is 5.75 Å². The SMILES string of the molecule is COC1CCN(C(=O)CN2CCN(c3cnc(NCc4cccc(OC(F)(F)F)c4)nc3)CC2)C1. The summed E-state index contributed by atoms with van der Waals surface area (Å²) in [5, 5.41) is 3.01. The third kappa shape index (κ3) is 7.18. The number of hydrogen-bond donors (Lipinski definition) is 1. The molecule has 35 heavy (non-hydrogen) atoms. The molecule has 0 aliphatic carbocycles. The number of halogens is 3. The lowest BCUT2D eigenvalue weighted by Gasteiger charge is -2.36. The molecule has 2 aliphatic heterocycles. The number of alkyl halides is 3. The molecule has 2 fully saturated rings. The van der Waals surface area contributed by atoms with Crippen molar-refractivity contribution in [2.75, 3.05) is 63.1 Å².